The zero-order chi connectivity index (χ0) is 19.3. The molecule has 0 spiro atoms. The third-order valence-corrected chi connectivity index (χ3v) is 6.02. The third kappa shape index (κ3) is 2.69. The van der Waals surface area contributed by atoms with Crippen molar-refractivity contribution >= 4 is 22.7 Å². The number of amides is 1. The molecule has 5 rings (SSSR count). The number of aromatic nitrogens is 2. The van der Waals surface area contributed by atoms with E-state index in [-0.39, 0.29) is 29.3 Å². The first-order valence-corrected chi connectivity index (χ1v) is 9.65. The molecule has 144 valence electrons. The highest BCUT2D eigenvalue weighted by Gasteiger charge is 2.41. The molecule has 0 radical (unpaired) electrons. The number of pyridine rings is 2. The molecular weight excluding hydrogens is 356 g/mol. The molecule has 0 aromatic carbocycles. The zero-order valence-corrected chi connectivity index (χ0v) is 15.7. The van der Waals surface area contributed by atoms with Gasteiger partial charge >= 0.3 is 0 Å². The molecule has 3 aromatic rings. The number of hydrogen-bond donors (Lipinski definition) is 1. The van der Waals surface area contributed by atoms with Crippen molar-refractivity contribution in [2.24, 2.45) is 5.92 Å². The van der Waals surface area contributed by atoms with Gasteiger partial charge in [-0.25, -0.2) is 4.98 Å². The Balaban J connectivity index is 1.56. The first-order valence-electron chi connectivity index (χ1n) is 9.65. The van der Waals surface area contributed by atoms with Crippen LogP contribution in [0.3, 0.4) is 0 Å². The molecule has 2 bridgehead atoms. The molecule has 1 fully saturated rings. The predicted molar refractivity (Wildman–Crippen MR) is 105 cm³/mol. The van der Waals surface area contributed by atoms with E-state index in [4.69, 9.17) is 4.42 Å². The second kappa shape index (κ2) is 6.51. The Morgan fingerprint density at radius 2 is 2.18 bits per heavy atom. The molecule has 5 heterocycles. The van der Waals surface area contributed by atoms with Gasteiger partial charge in [-0.05, 0) is 30.5 Å². The fourth-order valence-corrected chi connectivity index (χ4v) is 4.86. The van der Waals surface area contributed by atoms with Gasteiger partial charge in [-0.2, -0.15) is 0 Å². The van der Waals surface area contributed by atoms with Crippen LogP contribution in [0.4, 0.5) is 5.82 Å². The maximum Gasteiger partial charge on any atom is 0.251 e. The van der Waals surface area contributed by atoms with E-state index in [1.165, 1.54) is 6.92 Å². The van der Waals surface area contributed by atoms with Gasteiger partial charge in [0.05, 0.1) is 17.7 Å². The largest absolute Gasteiger partial charge is 0.464 e. The van der Waals surface area contributed by atoms with Crippen molar-refractivity contribution in [2.75, 3.05) is 24.5 Å². The summed E-state index contributed by atoms with van der Waals surface area (Å²) in [7, 11) is 0. The summed E-state index contributed by atoms with van der Waals surface area (Å²) >= 11 is 0. The highest BCUT2D eigenvalue weighted by atomic mass is 16.3. The van der Waals surface area contributed by atoms with Gasteiger partial charge in [0.1, 0.15) is 11.4 Å². The van der Waals surface area contributed by atoms with Crippen LogP contribution < -0.4 is 15.8 Å². The van der Waals surface area contributed by atoms with Crippen molar-refractivity contribution in [2.45, 2.75) is 25.3 Å². The lowest BCUT2D eigenvalue weighted by atomic mass is 9.78. The van der Waals surface area contributed by atoms with E-state index in [0.717, 1.165) is 42.0 Å². The van der Waals surface area contributed by atoms with Gasteiger partial charge < -0.3 is 19.2 Å². The number of rotatable bonds is 3. The Bertz CT molecular complexity index is 1100. The molecule has 1 amide bonds. The molecule has 28 heavy (non-hydrogen) atoms. The molecule has 7 heteroatoms. The van der Waals surface area contributed by atoms with Gasteiger partial charge in [0, 0.05) is 50.4 Å². The molecule has 0 saturated carbocycles. The Labute approximate surface area is 162 Å². The summed E-state index contributed by atoms with van der Waals surface area (Å²) in [6, 6.07) is 9.25. The van der Waals surface area contributed by atoms with Crippen LogP contribution in [0, 0.1) is 5.92 Å². The Morgan fingerprint density at radius 1 is 1.29 bits per heavy atom. The highest BCUT2D eigenvalue weighted by Crippen LogP contribution is 2.42. The summed E-state index contributed by atoms with van der Waals surface area (Å²) in [6.45, 7) is 3.57. The van der Waals surface area contributed by atoms with Crippen molar-refractivity contribution in [3.05, 3.63) is 58.8 Å². The lowest BCUT2D eigenvalue weighted by Gasteiger charge is -2.47. The van der Waals surface area contributed by atoms with Crippen LogP contribution in [0.15, 0.2) is 52.0 Å². The van der Waals surface area contributed by atoms with Crippen LogP contribution in [0.1, 0.15) is 31.0 Å². The van der Waals surface area contributed by atoms with E-state index in [9.17, 15) is 9.59 Å². The second-order valence-corrected chi connectivity index (χ2v) is 7.73. The number of furan rings is 1. The van der Waals surface area contributed by atoms with Crippen LogP contribution in [0.5, 0.6) is 0 Å². The summed E-state index contributed by atoms with van der Waals surface area (Å²) in [5.74, 6) is 1.35. The van der Waals surface area contributed by atoms with E-state index in [1.54, 1.807) is 18.5 Å². The number of carbonyl (C=O) groups excluding carboxylic acids is 1. The minimum Gasteiger partial charge on any atom is -0.464 e. The van der Waals surface area contributed by atoms with Gasteiger partial charge in [0.15, 0.2) is 0 Å². The van der Waals surface area contributed by atoms with Crippen molar-refractivity contribution in [3.63, 3.8) is 0 Å². The van der Waals surface area contributed by atoms with E-state index in [0.29, 0.717) is 6.54 Å². The summed E-state index contributed by atoms with van der Waals surface area (Å²) in [6.07, 6.45) is 4.47. The molecule has 1 saturated heterocycles. The monoisotopic (exact) mass is 378 g/mol. The van der Waals surface area contributed by atoms with Gasteiger partial charge in [-0.1, -0.05) is 6.07 Å². The summed E-state index contributed by atoms with van der Waals surface area (Å²) in [5, 5.41) is 3.92. The number of hydrogen-bond acceptors (Lipinski definition) is 5. The number of nitrogens with zero attached hydrogens (tertiary/aromatic N) is 3. The van der Waals surface area contributed by atoms with E-state index < -0.39 is 0 Å². The van der Waals surface area contributed by atoms with Gasteiger partial charge in [0.25, 0.3) is 5.56 Å². The molecule has 0 aliphatic carbocycles. The molecule has 3 aromatic heterocycles. The normalized spacial score (nSPS) is 23.5. The smallest absolute Gasteiger partial charge is 0.251 e. The van der Waals surface area contributed by atoms with E-state index in [2.05, 4.69) is 15.2 Å². The quantitative estimate of drug-likeness (QED) is 0.756. The summed E-state index contributed by atoms with van der Waals surface area (Å²) in [5.41, 5.74) is 1.88. The van der Waals surface area contributed by atoms with Crippen LogP contribution in [0.25, 0.3) is 11.0 Å². The minimum atomic E-state index is -0.0786. The van der Waals surface area contributed by atoms with Crippen LogP contribution in [-0.4, -0.2) is 35.1 Å². The van der Waals surface area contributed by atoms with Crippen LogP contribution >= 0.6 is 0 Å². The first-order chi connectivity index (χ1) is 13.6. The van der Waals surface area contributed by atoms with Crippen LogP contribution in [0.2, 0.25) is 0 Å². The number of nitrogens with one attached hydrogen (secondary N) is 1. The minimum absolute atomic E-state index is 0.00561. The fourth-order valence-electron chi connectivity index (χ4n) is 4.86. The Morgan fingerprint density at radius 3 is 3.04 bits per heavy atom. The average molecular weight is 378 g/mol. The van der Waals surface area contributed by atoms with Crippen molar-refractivity contribution < 1.29 is 9.21 Å². The Hall–Kier alpha value is -3.09. The van der Waals surface area contributed by atoms with Crippen molar-refractivity contribution in [3.8, 4) is 0 Å². The standard InChI is InChI=1S/C21H22N4O3/c1-13(26)23-10-18-15-9-14(17-3-2-4-20(27)25(17)18)11-24(12-15)21-16-6-8-28-19(16)5-7-22-21/h2-8,14-15,18H,9-12H2,1H3,(H,23,26)/t14-,15+,18+/m1/s1. The molecule has 7 nitrogen and oxygen atoms in total. The van der Waals surface area contributed by atoms with E-state index in [1.807, 2.05) is 28.8 Å². The molecule has 0 unspecified atom stereocenters. The van der Waals surface area contributed by atoms with Crippen molar-refractivity contribution in [1.29, 1.82) is 0 Å². The zero-order valence-electron chi connectivity index (χ0n) is 15.7. The van der Waals surface area contributed by atoms with Gasteiger partial charge in [-0.15, -0.1) is 0 Å². The SMILES string of the molecule is CC(=O)NC[C@H]1[C@H]2C[C@H](CN(c3nccc4occc34)C2)c2cccc(=O)n21. The fraction of sp³-hybridized carbons (Fsp3) is 0.381. The molecule has 1 N–H and O–H groups in total. The number of carbonyl (C=O) groups is 1. The molecule has 3 atom stereocenters. The molecule has 2 aliphatic rings. The lowest BCUT2D eigenvalue weighted by molar-refractivity contribution is -0.119. The number of anilines is 1. The first kappa shape index (κ1) is 17.0. The number of piperidine rings is 1. The summed E-state index contributed by atoms with van der Waals surface area (Å²) in [4.78, 5) is 31.1. The number of fused-ring (bicyclic) bond motifs is 5. The maximum atomic E-state index is 12.7. The van der Waals surface area contributed by atoms with Gasteiger partial charge in [0.2, 0.25) is 5.91 Å². The third-order valence-electron chi connectivity index (χ3n) is 6.02. The second-order valence-electron chi connectivity index (χ2n) is 7.73. The topological polar surface area (TPSA) is 80.4 Å². The Kier molecular flexibility index (Phi) is 3.96. The van der Waals surface area contributed by atoms with Gasteiger partial charge in [-0.3, -0.25) is 9.59 Å². The van der Waals surface area contributed by atoms with E-state index >= 15 is 0 Å². The lowest BCUT2D eigenvalue weighted by Crippen LogP contribution is -2.52. The van der Waals surface area contributed by atoms with Crippen molar-refractivity contribution in [1.82, 2.24) is 14.9 Å². The molecule has 2 aliphatic heterocycles. The summed E-state index contributed by atoms with van der Waals surface area (Å²) < 4.78 is 7.44. The average Bonchev–Trinajstić information content (AvgIpc) is 3.17. The maximum absolute atomic E-state index is 12.7. The van der Waals surface area contributed by atoms with Crippen LogP contribution in [-0.2, 0) is 4.79 Å². The predicted octanol–water partition coefficient (Wildman–Crippen LogP) is 2.29. The molecular formula is C21H22N4O3. The highest BCUT2D eigenvalue weighted by molar-refractivity contribution is 5.88.